The van der Waals surface area contributed by atoms with Crippen LogP contribution in [0.5, 0.6) is 0 Å². The highest BCUT2D eigenvalue weighted by molar-refractivity contribution is 7.09. The van der Waals surface area contributed by atoms with E-state index in [-0.39, 0.29) is 12.2 Å². The third-order valence-corrected chi connectivity index (χ3v) is 5.62. The highest BCUT2D eigenvalue weighted by Gasteiger charge is 2.43. The number of nitrogens with zero attached hydrogens (tertiary/aromatic N) is 2. The fraction of sp³-hybridized carbons (Fsp3) is 0.500. The molecule has 3 atom stereocenters. The Morgan fingerprint density at radius 3 is 3.09 bits per heavy atom. The molecule has 0 aromatic carbocycles. The third-order valence-electron chi connectivity index (χ3n) is 4.76. The van der Waals surface area contributed by atoms with Gasteiger partial charge in [0.15, 0.2) is 0 Å². The van der Waals surface area contributed by atoms with E-state index in [4.69, 9.17) is 9.47 Å². The van der Waals surface area contributed by atoms with Gasteiger partial charge in [0.05, 0.1) is 31.1 Å². The number of fused-ring (bicyclic) bond motifs is 1. The van der Waals surface area contributed by atoms with Crippen molar-refractivity contribution in [1.82, 2.24) is 9.88 Å². The van der Waals surface area contributed by atoms with E-state index < -0.39 is 0 Å². The van der Waals surface area contributed by atoms with Crippen molar-refractivity contribution in [3.05, 3.63) is 52.5 Å². The van der Waals surface area contributed by atoms with E-state index in [1.165, 1.54) is 4.88 Å². The predicted octanol–water partition coefficient (Wildman–Crippen LogP) is 3.09. The van der Waals surface area contributed by atoms with Crippen LogP contribution in [-0.4, -0.2) is 41.3 Å². The van der Waals surface area contributed by atoms with Crippen LogP contribution in [0.1, 0.15) is 23.4 Å². The van der Waals surface area contributed by atoms with Crippen molar-refractivity contribution in [3.63, 3.8) is 0 Å². The quantitative estimate of drug-likeness (QED) is 0.844. The average Bonchev–Trinajstić information content (AvgIpc) is 3.24. The van der Waals surface area contributed by atoms with Gasteiger partial charge in [-0.05, 0) is 36.4 Å². The molecule has 2 aromatic rings. The molecule has 0 unspecified atom stereocenters. The summed E-state index contributed by atoms with van der Waals surface area (Å²) in [5, 5.41) is 2.15. The number of pyridine rings is 1. The molecule has 1 aliphatic carbocycles. The number of rotatable bonds is 5. The van der Waals surface area contributed by atoms with Gasteiger partial charge < -0.3 is 9.47 Å². The van der Waals surface area contributed by atoms with Gasteiger partial charge >= 0.3 is 0 Å². The Kier molecular flexibility index (Phi) is 4.71. The Morgan fingerprint density at radius 1 is 1.26 bits per heavy atom. The third kappa shape index (κ3) is 3.48. The summed E-state index contributed by atoms with van der Waals surface area (Å²) in [4.78, 5) is 8.34. The monoisotopic (exact) mass is 330 g/mol. The number of ether oxygens (including phenoxy) is 2. The normalized spacial score (nSPS) is 27.9. The summed E-state index contributed by atoms with van der Waals surface area (Å²) in [6.45, 7) is 3.43. The van der Waals surface area contributed by atoms with Crippen LogP contribution in [-0.2, 0) is 22.6 Å². The van der Waals surface area contributed by atoms with Gasteiger partial charge in [0.2, 0.25) is 0 Å². The zero-order valence-electron chi connectivity index (χ0n) is 13.1. The van der Waals surface area contributed by atoms with Crippen molar-refractivity contribution in [2.24, 2.45) is 0 Å². The fourth-order valence-electron chi connectivity index (χ4n) is 3.65. The summed E-state index contributed by atoms with van der Waals surface area (Å²) in [6, 6.07) is 10.8. The van der Waals surface area contributed by atoms with Crippen LogP contribution in [0.15, 0.2) is 41.9 Å². The minimum atomic E-state index is 0.188. The Hall–Kier alpha value is -1.27. The molecule has 0 radical (unpaired) electrons. The summed E-state index contributed by atoms with van der Waals surface area (Å²) >= 11 is 1.84. The second-order valence-corrected chi connectivity index (χ2v) is 7.23. The molecule has 2 aliphatic rings. The van der Waals surface area contributed by atoms with E-state index in [0.29, 0.717) is 12.6 Å². The van der Waals surface area contributed by atoms with E-state index in [2.05, 4.69) is 27.4 Å². The maximum atomic E-state index is 6.13. The van der Waals surface area contributed by atoms with Crippen LogP contribution >= 0.6 is 11.3 Å². The number of morpholine rings is 1. The molecule has 1 aliphatic heterocycles. The minimum absolute atomic E-state index is 0.188. The SMILES string of the molecule is c1ccc(CO[C@@H]2CC[C@@H]3[C@@H]2OCCN3Cc2cccs2)nc1. The van der Waals surface area contributed by atoms with Gasteiger partial charge in [0.25, 0.3) is 0 Å². The molecule has 0 spiro atoms. The Morgan fingerprint density at radius 2 is 2.26 bits per heavy atom. The maximum Gasteiger partial charge on any atom is 0.0992 e. The van der Waals surface area contributed by atoms with Crippen LogP contribution in [0.25, 0.3) is 0 Å². The fourth-order valence-corrected chi connectivity index (χ4v) is 4.37. The van der Waals surface area contributed by atoms with Crippen molar-refractivity contribution in [2.45, 2.75) is 44.2 Å². The molecule has 2 fully saturated rings. The molecule has 4 rings (SSSR count). The lowest BCUT2D eigenvalue weighted by Crippen LogP contribution is -2.51. The van der Waals surface area contributed by atoms with Gasteiger partial charge in [-0.1, -0.05) is 12.1 Å². The Labute approximate surface area is 141 Å². The van der Waals surface area contributed by atoms with Gasteiger partial charge in [-0.3, -0.25) is 9.88 Å². The first kappa shape index (κ1) is 15.3. The van der Waals surface area contributed by atoms with Crippen molar-refractivity contribution in [3.8, 4) is 0 Å². The molecule has 4 nitrogen and oxygen atoms in total. The standard InChI is InChI=1S/C18H22N2O2S/c1-2-8-19-14(4-1)13-22-17-7-6-16-18(17)21-10-9-20(16)12-15-5-3-11-23-15/h1-5,8,11,16-18H,6-7,9-10,12-13H2/t16-,17-,18+/m1/s1. The number of aromatic nitrogens is 1. The van der Waals surface area contributed by atoms with E-state index in [1.54, 1.807) is 0 Å². The summed E-state index contributed by atoms with van der Waals surface area (Å²) in [5.74, 6) is 0. The van der Waals surface area contributed by atoms with E-state index in [9.17, 15) is 0 Å². The summed E-state index contributed by atoms with van der Waals surface area (Å²) < 4.78 is 12.2. The Bertz CT molecular complexity index is 605. The number of hydrogen-bond donors (Lipinski definition) is 0. The van der Waals surface area contributed by atoms with Crippen molar-refractivity contribution >= 4 is 11.3 Å². The van der Waals surface area contributed by atoms with E-state index >= 15 is 0 Å². The van der Waals surface area contributed by atoms with Gasteiger partial charge in [-0.15, -0.1) is 11.3 Å². The van der Waals surface area contributed by atoms with Gasteiger partial charge in [-0.2, -0.15) is 0 Å². The van der Waals surface area contributed by atoms with Crippen LogP contribution in [0.4, 0.5) is 0 Å². The molecule has 0 N–H and O–H groups in total. The molecule has 1 saturated heterocycles. The Balaban J connectivity index is 1.37. The molecule has 0 amide bonds. The van der Waals surface area contributed by atoms with E-state index in [1.807, 2.05) is 35.7 Å². The first-order valence-electron chi connectivity index (χ1n) is 8.30. The minimum Gasteiger partial charge on any atom is -0.373 e. The average molecular weight is 330 g/mol. The summed E-state index contributed by atoms with van der Waals surface area (Å²) in [5.41, 5.74) is 0.988. The topological polar surface area (TPSA) is 34.6 Å². The molecule has 23 heavy (non-hydrogen) atoms. The number of thiophene rings is 1. The molecule has 3 heterocycles. The number of hydrogen-bond acceptors (Lipinski definition) is 5. The molecular weight excluding hydrogens is 308 g/mol. The lowest BCUT2D eigenvalue weighted by Gasteiger charge is -2.38. The first-order valence-corrected chi connectivity index (χ1v) is 9.17. The highest BCUT2D eigenvalue weighted by atomic mass is 32.1. The van der Waals surface area contributed by atoms with Crippen molar-refractivity contribution < 1.29 is 9.47 Å². The molecule has 5 heteroatoms. The summed E-state index contributed by atoms with van der Waals surface area (Å²) in [7, 11) is 0. The highest BCUT2D eigenvalue weighted by Crippen LogP contribution is 2.33. The second-order valence-electron chi connectivity index (χ2n) is 6.20. The van der Waals surface area contributed by atoms with Crippen molar-refractivity contribution in [1.29, 1.82) is 0 Å². The first-order chi connectivity index (χ1) is 11.4. The van der Waals surface area contributed by atoms with Crippen LogP contribution in [0.2, 0.25) is 0 Å². The van der Waals surface area contributed by atoms with E-state index in [0.717, 1.165) is 38.2 Å². The van der Waals surface area contributed by atoms with Crippen LogP contribution in [0, 0.1) is 0 Å². The smallest absolute Gasteiger partial charge is 0.0992 e. The molecular formula is C18H22N2O2S. The zero-order valence-corrected chi connectivity index (χ0v) is 14.0. The predicted molar refractivity (Wildman–Crippen MR) is 90.3 cm³/mol. The van der Waals surface area contributed by atoms with Crippen LogP contribution < -0.4 is 0 Å². The lowest BCUT2D eigenvalue weighted by atomic mass is 10.1. The summed E-state index contributed by atoms with van der Waals surface area (Å²) in [6.07, 6.45) is 4.43. The molecule has 0 bridgehead atoms. The second kappa shape index (κ2) is 7.09. The molecule has 122 valence electrons. The maximum absolute atomic E-state index is 6.13. The van der Waals surface area contributed by atoms with Gasteiger partial charge in [-0.25, -0.2) is 0 Å². The van der Waals surface area contributed by atoms with Gasteiger partial charge in [0, 0.05) is 30.2 Å². The van der Waals surface area contributed by atoms with Crippen molar-refractivity contribution in [2.75, 3.05) is 13.2 Å². The largest absolute Gasteiger partial charge is 0.373 e. The molecule has 2 aromatic heterocycles. The molecule has 1 saturated carbocycles. The van der Waals surface area contributed by atoms with Gasteiger partial charge in [0.1, 0.15) is 0 Å². The zero-order chi connectivity index (χ0) is 15.5. The lowest BCUT2D eigenvalue weighted by molar-refractivity contribution is -0.118. The van der Waals surface area contributed by atoms with Crippen LogP contribution in [0.3, 0.4) is 0 Å².